The minimum atomic E-state index is -3.99. The molecule has 0 radical (unpaired) electrons. The summed E-state index contributed by atoms with van der Waals surface area (Å²) in [6.07, 6.45) is 0. The summed E-state index contributed by atoms with van der Waals surface area (Å²) in [5, 5.41) is 13.8. The topological polar surface area (TPSA) is 94.9 Å². The second-order valence-corrected chi connectivity index (χ2v) is 6.57. The van der Waals surface area contributed by atoms with Crippen molar-refractivity contribution in [1.29, 1.82) is 0 Å². The molecule has 0 bridgehead atoms. The van der Waals surface area contributed by atoms with Crippen LogP contribution in [0.5, 0.6) is 5.88 Å². The van der Waals surface area contributed by atoms with Gasteiger partial charge in [0.05, 0.1) is 10.4 Å². The second-order valence-electron chi connectivity index (χ2n) is 4.98. The Labute approximate surface area is 131 Å². The zero-order chi connectivity index (χ0) is 16.6. The average molecular weight is 333 g/mol. The van der Waals surface area contributed by atoms with Gasteiger partial charge in [-0.2, -0.15) is 8.42 Å². The Morgan fingerprint density at radius 3 is 2.52 bits per heavy atom. The summed E-state index contributed by atoms with van der Waals surface area (Å²) in [5.74, 6) is -0.872. The number of hydrogen-bond donors (Lipinski definition) is 2. The third-order valence-corrected chi connectivity index (χ3v) is 4.45. The summed E-state index contributed by atoms with van der Waals surface area (Å²) < 4.78 is 40.8. The number of hydrogen-bond acceptors (Lipinski definition) is 4. The Morgan fingerprint density at radius 1 is 1.13 bits per heavy atom. The van der Waals surface area contributed by atoms with Crippen LogP contribution in [0, 0.1) is 12.7 Å². The fourth-order valence-electron chi connectivity index (χ4n) is 2.09. The van der Waals surface area contributed by atoms with Crippen LogP contribution in [0.2, 0.25) is 0 Å². The molecule has 23 heavy (non-hydrogen) atoms. The predicted octanol–water partition coefficient (Wildman–Crippen LogP) is 3.79. The number of nitrogens with one attached hydrogen (secondary N) is 1. The molecule has 0 amide bonds. The molecule has 6 nitrogen and oxygen atoms in total. The van der Waals surface area contributed by atoms with E-state index in [1.165, 1.54) is 30.3 Å². The van der Waals surface area contributed by atoms with E-state index < -0.39 is 15.8 Å². The largest absolute Gasteiger partial charge is 0.493 e. The highest BCUT2D eigenvalue weighted by Crippen LogP contribution is 2.36. The van der Waals surface area contributed by atoms with Gasteiger partial charge in [-0.1, -0.05) is 22.2 Å². The fourth-order valence-corrected chi connectivity index (χ4v) is 2.86. The highest BCUT2D eigenvalue weighted by molar-refractivity contribution is 7.90. The van der Waals surface area contributed by atoms with Crippen LogP contribution in [0.15, 0.2) is 57.0 Å². The van der Waals surface area contributed by atoms with Crippen molar-refractivity contribution in [2.45, 2.75) is 11.8 Å². The lowest BCUT2D eigenvalue weighted by Gasteiger charge is -1.98. The molecule has 0 spiro atoms. The Morgan fingerprint density at radius 2 is 1.83 bits per heavy atom. The van der Waals surface area contributed by atoms with Crippen molar-refractivity contribution in [2.75, 3.05) is 0 Å². The van der Waals surface area contributed by atoms with Gasteiger partial charge in [-0.05, 0) is 37.3 Å². The minimum absolute atomic E-state index is 0.00257. The van der Waals surface area contributed by atoms with Crippen LogP contribution in [0.1, 0.15) is 5.56 Å². The van der Waals surface area contributed by atoms with Crippen LogP contribution >= 0.6 is 0 Å². The van der Waals surface area contributed by atoms with Crippen LogP contribution in [-0.4, -0.2) is 18.5 Å². The molecule has 0 unspecified atom stereocenters. The lowest BCUT2D eigenvalue weighted by atomic mass is 10.2. The van der Waals surface area contributed by atoms with Gasteiger partial charge in [0.25, 0.3) is 10.0 Å². The number of aromatic hydroxyl groups is 1. The standard InChI is InChI=1S/C15H12FN3O3S/c1-9-2-5-11(6-3-9)23(21,22)19-18-14-12-7-4-10(16)8-13(12)17-15(14)20/h2-8,17,20H,1H3. The van der Waals surface area contributed by atoms with E-state index in [9.17, 15) is 17.9 Å². The van der Waals surface area contributed by atoms with E-state index in [0.29, 0.717) is 10.9 Å². The van der Waals surface area contributed by atoms with Gasteiger partial charge in [0.15, 0.2) is 5.69 Å². The normalized spacial score (nSPS) is 12.3. The third-order valence-electron chi connectivity index (χ3n) is 3.28. The maximum absolute atomic E-state index is 13.2. The molecule has 0 aliphatic carbocycles. The minimum Gasteiger partial charge on any atom is -0.493 e. The van der Waals surface area contributed by atoms with Gasteiger partial charge >= 0.3 is 0 Å². The molecule has 1 heterocycles. The molecule has 0 aliphatic rings. The number of sulfonamides is 1. The summed E-state index contributed by atoms with van der Waals surface area (Å²) in [7, 11) is -3.99. The van der Waals surface area contributed by atoms with E-state index in [4.69, 9.17) is 0 Å². The van der Waals surface area contributed by atoms with E-state index in [2.05, 4.69) is 14.6 Å². The van der Waals surface area contributed by atoms with Gasteiger partial charge in [0.1, 0.15) is 5.82 Å². The van der Waals surface area contributed by atoms with Crippen molar-refractivity contribution >= 4 is 26.6 Å². The molecule has 2 N–H and O–H groups in total. The van der Waals surface area contributed by atoms with Crippen LogP contribution in [0.3, 0.4) is 0 Å². The van der Waals surface area contributed by atoms with Crippen LogP contribution in [-0.2, 0) is 10.0 Å². The third kappa shape index (κ3) is 2.93. The number of fused-ring (bicyclic) bond motifs is 1. The molecule has 0 fully saturated rings. The van der Waals surface area contributed by atoms with E-state index >= 15 is 0 Å². The molecule has 1 aromatic heterocycles. The number of aromatic nitrogens is 1. The average Bonchev–Trinajstić information content (AvgIpc) is 2.80. The number of benzene rings is 2. The van der Waals surface area contributed by atoms with Gasteiger partial charge in [0, 0.05) is 5.39 Å². The molecule has 0 aliphatic heterocycles. The first kappa shape index (κ1) is 15.2. The Bertz CT molecular complexity index is 1010. The van der Waals surface area contributed by atoms with Crippen molar-refractivity contribution in [3.05, 3.63) is 53.8 Å². The zero-order valence-corrected chi connectivity index (χ0v) is 12.8. The molecule has 3 rings (SSSR count). The number of aryl methyl sites for hydroxylation is 1. The molecule has 8 heteroatoms. The van der Waals surface area contributed by atoms with Gasteiger partial charge in [-0.25, -0.2) is 4.39 Å². The van der Waals surface area contributed by atoms with Crippen molar-refractivity contribution in [3.8, 4) is 5.88 Å². The molecule has 0 atom stereocenters. The zero-order valence-electron chi connectivity index (χ0n) is 12.0. The summed E-state index contributed by atoms with van der Waals surface area (Å²) in [5.41, 5.74) is 1.15. The van der Waals surface area contributed by atoms with Gasteiger partial charge in [-0.15, -0.1) is 5.11 Å². The SMILES string of the molecule is Cc1ccc(S(=O)(=O)N=Nc2c(O)[nH]c3cc(F)ccc23)cc1. The highest BCUT2D eigenvalue weighted by Gasteiger charge is 2.15. The van der Waals surface area contributed by atoms with Crippen LogP contribution < -0.4 is 0 Å². The maximum Gasteiger partial charge on any atom is 0.299 e. The lowest BCUT2D eigenvalue weighted by Crippen LogP contribution is -1.95. The lowest BCUT2D eigenvalue weighted by molar-refractivity contribution is 0.459. The number of aromatic amines is 1. The van der Waals surface area contributed by atoms with Crippen LogP contribution in [0.4, 0.5) is 10.1 Å². The monoisotopic (exact) mass is 333 g/mol. The van der Waals surface area contributed by atoms with Gasteiger partial charge < -0.3 is 10.1 Å². The smallest absolute Gasteiger partial charge is 0.299 e. The summed E-state index contributed by atoms with van der Waals surface area (Å²) in [6, 6.07) is 9.88. The molecule has 0 saturated heterocycles. The van der Waals surface area contributed by atoms with Crippen molar-refractivity contribution in [1.82, 2.24) is 4.98 Å². The molecule has 2 aromatic carbocycles. The first-order chi connectivity index (χ1) is 10.9. The van der Waals surface area contributed by atoms with Gasteiger partial charge in [0.2, 0.25) is 5.88 Å². The summed E-state index contributed by atoms with van der Waals surface area (Å²) >= 11 is 0. The van der Waals surface area contributed by atoms with E-state index in [0.717, 1.165) is 5.56 Å². The number of nitrogens with zero attached hydrogens (tertiary/aromatic N) is 2. The van der Waals surface area contributed by atoms with E-state index in [-0.39, 0.29) is 16.5 Å². The molecule has 0 saturated carbocycles. The second kappa shape index (κ2) is 5.47. The molecular formula is C15H12FN3O3S. The quantitative estimate of drug-likeness (QED) is 0.714. The summed E-state index contributed by atoms with van der Waals surface area (Å²) in [6.45, 7) is 1.83. The van der Waals surface area contributed by atoms with E-state index in [1.807, 2.05) is 6.92 Å². The van der Waals surface area contributed by atoms with Crippen LogP contribution in [0.25, 0.3) is 10.9 Å². The van der Waals surface area contributed by atoms with Gasteiger partial charge in [-0.3, -0.25) is 0 Å². The number of H-pyrrole nitrogens is 1. The first-order valence-electron chi connectivity index (χ1n) is 6.62. The fraction of sp³-hybridized carbons (Fsp3) is 0.0667. The van der Waals surface area contributed by atoms with Crippen molar-refractivity contribution < 1.29 is 17.9 Å². The van der Waals surface area contributed by atoms with Crippen molar-refractivity contribution in [2.24, 2.45) is 9.63 Å². The Balaban J connectivity index is 2.02. The molecule has 118 valence electrons. The Kier molecular flexibility index (Phi) is 3.61. The van der Waals surface area contributed by atoms with Crippen molar-refractivity contribution in [3.63, 3.8) is 0 Å². The summed E-state index contributed by atoms with van der Waals surface area (Å²) in [4.78, 5) is 2.52. The molecule has 3 aromatic rings. The Hall–Kier alpha value is -2.74. The molecular weight excluding hydrogens is 321 g/mol. The maximum atomic E-state index is 13.2. The highest BCUT2D eigenvalue weighted by atomic mass is 32.2. The number of halogens is 1. The number of rotatable bonds is 3. The predicted molar refractivity (Wildman–Crippen MR) is 82.8 cm³/mol. The first-order valence-corrected chi connectivity index (χ1v) is 8.06. The van der Waals surface area contributed by atoms with E-state index in [1.54, 1.807) is 12.1 Å².